The van der Waals surface area contributed by atoms with Gasteiger partial charge in [-0.25, -0.2) is 0 Å². The Morgan fingerprint density at radius 1 is 1.43 bits per heavy atom. The molecule has 1 heterocycles. The predicted molar refractivity (Wildman–Crippen MR) is 56.1 cm³/mol. The summed E-state index contributed by atoms with van der Waals surface area (Å²) < 4.78 is 1.80. The molecule has 0 spiro atoms. The van der Waals surface area contributed by atoms with E-state index in [2.05, 4.69) is 17.2 Å². The monoisotopic (exact) mass is 190 g/mol. The molecule has 3 heteroatoms. The van der Waals surface area contributed by atoms with Crippen LogP contribution in [0.5, 0.6) is 0 Å². The number of fused-ring (bicyclic) bond motifs is 1. The first-order valence-electron chi connectivity index (χ1n) is 4.71. The fraction of sp³-hybridized carbons (Fsp3) is 0.364. The van der Waals surface area contributed by atoms with E-state index in [0.29, 0.717) is 0 Å². The Labute approximate surface area is 83.0 Å². The molecule has 1 N–H and O–H groups in total. The quantitative estimate of drug-likeness (QED) is 0.746. The lowest BCUT2D eigenvalue weighted by Gasteiger charge is -1.99. The van der Waals surface area contributed by atoms with Crippen molar-refractivity contribution in [1.82, 2.24) is 9.78 Å². The maximum absolute atomic E-state index is 9.55. The van der Waals surface area contributed by atoms with E-state index in [9.17, 15) is 5.11 Å². The van der Waals surface area contributed by atoms with Gasteiger partial charge in [0, 0.05) is 12.4 Å². The predicted octanol–water partition coefficient (Wildman–Crippen LogP) is 1.94. The third-order valence-corrected chi connectivity index (χ3v) is 2.43. The first kappa shape index (κ1) is 9.21. The van der Waals surface area contributed by atoms with Gasteiger partial charge in [-0.1, -0.05) is 11.6 Å². The summed E-state index contributed by atoms with van der Waals surface area (Å²) in [4.78, 5) is 0. The van der Waals surface area contributed by atoms with E-state index in [1.54, 1.807) is 11.6 Å². The smallest absolute Gasteiger partial charge is 0.0985 e. The fourth-order valence-corrected chi connectivity index (χ4v) is 1.72. The van der Waals surface area contributed by atoms with Crippen LogP contribution in [0.4, 0.5) is 0 Å². The summed E-state index contributed by atoms with van der Waals surface area (Å²) in [6.45, 7) is 3.78. The van der Waals surface area contributed by atoms with Crippen molar-refractivity contribution >= 4 is 10.9 Å². The molecular weight excluding hydrogens is 176 g/mol. The molecule has 1 aromatic carbocycles. The zero-order chi connectivity index (χ0) is 10.3. The molecule has 14 heavy (non-hydrogen) atoms. The van der Waals surface area contributed by atoms with E-state index < -0.39 is 6.10 Å². The van der Waals surface area contributed by atoms with Crippen molar-refractivity contribution in [1.29, 1.82) is 0 Å². The molecule has 74 valence electrons. The highest BCUT2D eigenvalue weighted by atomic mass is 16.3. The lowest BCUT2D eigenvalue weighted by Crippen LogP contribution is -1.95. The minimum atomic E-state index is -0.513. The molecule has 1 unspecified atom stereocenters. The van der Waals surface area contributed by atoms with Gasteiger partial charge in [0.2, 0.25) is 0 Å². The molecule has 0 aliphatic heterocycles. The van der Waals surface area contributed by atoms with Crippen molar-refractivity contribution in [3.05, 3.63) is 29.5 Å². The third kappa shape index (κ3) is 1.30. The van der Waals surface area contributed by atoms with Crippen molar-refractivity contribution in [2.75, 3.05) is 0 Å². The molecule has 0 bridgehead atoms. The second kappa shape index (κ2) is 3.10. The van der Waals surface area contributed by atoms with Crippen molar-refractivity contribution in [3.8, 4) is 0 Å². The van der Waals surface area contributed by atoms with Crippen molar-refractivity contribution in [3.63, 3.8) is 0 Å². The zero-order valence-corrected chi connectivity index (χ0v) is 8.65. The Balaban J connectivity index is 2.79. The second-order valence-electron chi connectivity index (χ2n) is 3.71. The molecule has 0 aliphatic carbocycles. The topological polar surface area (TPSA) is 38.1 Å². The number of benzene rings is 1. The number of aromatic nitrogens is 2. The maximum atomic E-state index is 9.55. The molecule has 0 radical (unpaired) electrons. The van der Waals surface area contributed by atoms with E-state index in [0.717, 1.165) is 16.6 Å². The normalized spacial score (nSPS) is 13.4. The van der Waals surface area contributed by atoms with E-state index in [-0.39, 0.29) is 0 Å². The van der Waals surface area contributed by atoms with Crippen LogP contribution in [0, 0.1) is 6.92 Å². The van der Waals surface area contributed by atoms with Gasteiger partial charge in [0.25, 0.3) is 0 Å². The molecule has 0 saturated carbocycles. The lowest BCUT2D eigenvalue weighted by atomic mass is 10.1. The molecule has 1 aromatic heterocycles. The number of hydrogen-bond donors (Lipinski definition) is 1. The maximum Gasteiger partial charge on any atom is 0.0985 e. The minimum Gasteiger partial charge on any atom is -0.387 e. The average Bonchev–Trinajstić information content (AvgIpc) is 2.43. The number of aliphatic hydroxyl groups is 1. The van der Waals surface area contributed by atoms with E-state index in [1.165, 1.54) is 5.56 Å². The van der Waals surface area contributed by atoms with Gasteiger partial charge in [0.15, 0.2) is 0 Å². The van der Waals surface area contributed by atoms with Crippen LogP contribution < -0.4 is 0 Å². The van der Waals surface area contributed by atoms with Crippen LogP contribution in [-0.4, -0.2) is 14.9 Å². The molecule has 2 aromatic rings. The SMILES string of the molecule is Cc1ccc2c(c1)c(C(C)O)nn2C. The van der Waals surface area contributed by atoms with Crippen molar-refractivity contribution in [2.24, 2.45) is 7.05 Å². The first-order valence-corrected chi connectivity index (χ1v) is 4.71. The van der Waals surface area contributed by atoms with Gasteiger partial charge >= 0.3 is 0 Å². The number of aryl methyl sites for hydroxylation is 2. The summed E-state index contributed by atoms with van der Waals surface area (Å²) in [7, 11) is 1.89. The Kier molecular flexibility index (Phi) is 2.04. The Bertz CT molecular complexity index is 471. The summed E-state index contributed by atoms with van der Waals surface area (Å²) in [5.41, 5.74) is 3.00. The van der Waals surface area contributed by atoms with Gasteiger partial charge in [-0.15, -0.1) is 0 Å². The van der Waals surface area contributed by atoms with Gasteiger partial charge in [0.1, 0.15) is 0 Å². The van der Waals surface area contributed by atoms with Crippen LogP contribution >= 0.6 is 0 Å². The van der Waals surface area contributed by atoms with Gasteiger partial charge in [-0.3, -0.25) is 4.68 Å². The van der Waals surface area contributed by atoms with Gasteiger partial charge in [0.05, 0.1) is 17.3 Å². The average molecular weight is 190 g/mol. The van der Waals surface area contributed by atoms with Gasteiger partial charge in [-0.05, 0) is 26.0 Å². The first-order chi connectivity index (χ1) is 6.59. The number of rotatable bonds is 1. The number of aliphatic hydroxyl groups excluding tert-OH is 1. The Morgan fingerprint density at radius 2 is 2.14 bits per heavy atom. The van der Waals surface area contributed by atoms with Crippen LogP contribution in [0.1, 0.15) is 24.3 Å². The van der Waals surface area contributed by atoms with Gasteiger partial charge in [-0.2, -0.15) is 5.10 Å². The van der Waals surface area contributed by atoms with Gasteiger partial charge < -0.3 is 5.11 Å². The largest absolute Gasteiger partial charge is 0.387 e. The highest BCUT2D eigenvalue weighted by Gasteiger charge is 2.12. The van der Waals surface area contributed by atoms with Crippen LogP contribution in [0.15, 0.2) is 18.2 Å². The molecular formula is C11H14N2O. The van der Waals surface area contributed by atoms with Crippen LogP contribution in [0.25, 0.3) is 10.9 Å². The van der Waals surface area contributed by atoms with Crippen LogP contribution in [-0.2, 0) is 7.05 Å². The Morgan fingerprint density at radius 3 is 2.79 bits per heavy atom. The standard InChI is InChI=1S/C11H14N2O/c1-7-4-5-10-9(6-7)11(8(2)14)12-13(10)3/h4-6,8,14H,1-3H3. The third-order valence-electron chi connectivity index (χ3n) is 2.43. The number of nitrogens with zero attached hydrogens (tertiary/aromatic N) is 2. The lowest BCUT2D eigenvalue weighted by molar-refractivity contribution is 0.195. The summed E-state index contributed by atoms with van der Waals surface area (Å²) >= 11 is 0. The molecule has 2 rings (SSSR count). The van der Waals surface area contributed by atoms with Crippen LogP contribution in [0.2, 0.25) is 0 Å². The van der Waals surface area contributed by atoms with Crippen molar-refractivity contribution in [2.45, 2.75) is 20.0 Å². The highest BCUT2D eigenvalue weighted by molar-refractivity contribution is 5.82. The minimum absolute atomic E-state index is 0.513. The summed E-state index contributed by atoms with van der Waals surface area (Å²) in [6.07, 6.45) is -0.513. The zero-order valence-electron chi connectivity index (χ0n) is 8.65. The Hall–Kier alpha value is -1.35. The fourth-order valence-electron chi connectivity index (χ4n) is 1.72. The summed E-state index contributed by atoms with van der Waals surface area (Å²) in [6, 6.07) is 6.14. The second-order valence-corrected chi connectivity index (χ2v) is 3.71. The summed E-state index contributed by atoms with van der Waals surface area (Å²) in [5.74, 6) is 0. The van der Waals surface area contributed by atoms with Crippen LogP contribution in [0.3, 0.4) is 0 Å². The molecule has 3 nitrogen and oxygen atoms in total. The molecule has 0 fully saturated rings. The van der Waals surface area contributed by atoms with E-state index in [1.807, 2.05) is 20.0 Å². The van der Waals surface area contributed by atoms with Crippen molar-refractivity contribution < 1.29 is 5.11 Å². The highest BCUT2D eigenvalue weighted by Crippen LogP contribution is 2.23. The molecule has 0 saturated heterocycles. The molecule has 0 aliphatic rings. The van der Waals surface area contributed by atoms with E-state index in [4.69, 9.17) is 0 Å². The number of hydrogen-bond acceptors (Lipinski definition) is 2. The molecule has 1 atom stereocenters. The van der Waals surface area contributed by atoms with E-state index >= 15 is 0 Å². The molecule has 0 amide bonds. The summed E-state index contributed by atoms with van der Waals surface area (Å²) in [5, 5.41) is 14.9.